The standard InChI is InChI=1S/C36H40FN5O5/c1-36(2,3)47-33(43)14-13-31(34(39)44)42-22-28-27(35(42)45)5-4-6-32(28)46-23-25-9-7-24(8-10-25)21-40-15-17-41(18-16-40)30-12-11-26(20-38)19-29(30)37/h4-12,19,31H,13-18,21-23H2,1-3H3,(H2,39,44)/t31-/m0/s1. The number of fused-ring (bicyclic) bond motifs is 1. The van der Waals surface area contributed by atoms with Crippen LogP contribution < -0.4 is 15.4 Å². The molecule has 1 fully saturated rings. The molecule has 1 atom stereocenters. The van der Waals surface area contributed by atoms with Crippen molar-refractivity contribution in [2.24, 2.45) is 5.73 Å². The van der Waals surface area contributed by atoms with Gasteiger partial charge in [0.1, 0.15) is 29.8 Å². The first-order valence-electron chi connectivity index (χ1n) is 15.7. The summed E-state index contributed by atoms with van der Waals surface area (Å²) in [6.07, 6.45) is 0.0248. The van der Waals surface area contributed by atoms with Crippen LogP contribution in [0.2, 0.25) is 0 Å². The second kappa shape index (κ2) is 14.2. The number of nitrogens with zero attached hydrogens (tertiary/aromatic N) is 4. The molecule has 10 nitrogen and oxygen atoms in total. The van der Waals surface area contributed by atoms with Crippen LogP contribution in [0.1, 0.15) is 66.2 Å². The monoisotopic (exact) mass is 641 g/mol. The molecule has 0 unspecified atom stereocenters. The lowest BCUT2D eigenvalue weighted by Crippen LogP contribution is -2.46. The molecular weight excluding hydrogens is 601 g/mol. The summed E-state index contributed by atoms with van der Waals surface area (Å²) in [6, 6.07) is 19.0. The van der Waals surface area contributed by atoms with E-state index in [9.17, 15) is 18.8 Å². The Morgan fingerprint density at radius 2 is 1.72 bits per heavy atom. The molecule has 2 heterocycles. The number of hydrogen-bond acceptors (Lipinski definition) is 8. The second-order valence-electron chi connectivity index (χ2n) is 12.9. The SMILES string of the molecule is CC(C)(C)OC(=O)CC[C@@H](C(N)=O)N1Cc2c(OCc3ccc(CN4CCN(c5ccc(C#N)cc5F)CC4)cc3)cccc2C1=O. The summed E-state index contributed by atoms with van der Waals surface area (Å²) in [5, 5.41) is 8.99. The highest BCUT2D eigenvalue weighted by Crippen LogP contribution is 2.33. The largest absolute Gasteiger partial charge is 0.489 e. The lowest BCUT2D eigenvalue weighted by atomic mass is 10.1. The molecule has 2 N–H and O–H groups in total. The third-order valence-corrected chi connectivity index (χ3v) is 8.31. The molecule has 3 aromatic carbocycles. The number of carbonyl (C=O) groups excluding carboxylic acids is 3. The average Bonchev–Trinajstić information content (AvgIpc) is 3.36. The number of anilines is 1. The highest BCUT2D eigenvalue weighted by molar-refractivity contribution is 6.01. The van der Waals surface area contributed by atoms with Gasteiger partial charge in [0.2, 0.25) is 5.91 Å². The maximum atomic E-state index is 14.5. The quantitative estimate of drug-likeness (QED) is 0.303. The Kier molecular flexibility index (Phi) is 10.1. The molecule has 0 bridgehead atoms. The molecule has 0 spiro atoms. The number of halogens is 1. The Bertz CT molecular complexity index is 1670. The van der Waals surface area contributed by atoms with Crippen LogP contribution in [-0.2, 0) is 34.0 Å². The number of rotatable bonds is 11. The number of primary amides is 1. The van der Waals surface area contributed by atoms with Gasteiger partial charge in [-0.05, 0) is 68.7 Å². The van der Waals surface area contributed by atoms with E-state index in [2.05, 4.69) is 17.0 Å². The maximum absolute atomic E-state index is 14.5. The van der Waals surface area contributed by atoms with Gasteiger partial charge >= 0.3 is 5.97 Å². The minimum absolute atomic E-state index is 0.0425. The Hall–Kier alpha value is -4.95. The zero-order valence-corrected chi connectivity index (χ0v) is 27.0. The molecule has 2 aliphatic heterocycles. The molecular formula is C36H40FN5O5. The van der Waals surface area contributed by atoms with E-state index in [-0.39, 0.29) is 37.7 Å². The van der Waals surface area contributed by atoms with E-state index in [1.165, 1.54) is 11.0 Å². The molecule has 0 radical (unpaired) electrons. The van der Waals surface area contributed by atoms with Crippen molar-refractivity contribution in [2.75, 3.05) is 31.1 Å². The lowest BCUT2D eigenvalue weighted by molar-refractivity contribution is -0.155. The van der Waals surface area contributed by atoms with E-state index in [4.69, 9.17) is 20.5 Å². The summed E-state index contributed by atoms with van der Waals surface area (Å²) in [7, 11) is 0. The van der Waals surface area contributed by atoms with E-state index >= 15 is 0 Å². The van der Waals surface area contributed by atoms with Crippen LogP contribution in [0.3, 0.4) is 0 Å². The second-order valence-corrected chi connectivity index (χ2v) is 12.9. The predicted octanol–water partition coefficient (Wildman–Crippen LogP) is 4.53. The predicted molar refractivity (Wildman–Crippen MR) is 174 cm³/mol. The number of benzene rings is 3. The summed E-state index contributed by atoms with van der Waals surface area (Å²) in [5.41, 5.74) is 9.10. The van der Waals surface area contributed by atoms with Crippen LogP contribution in [0.4, 0.5) is 10.1 Å². The van der Waals surface area contributed by atoms with Crippen molar-refractivity contribution in [3.05, 3.63) is 94.3 Å². The Labute approximate surface area is 274 Å². The topological polar surface area (TPSA) is 129 Å². The Morgan fingerprint density at radius 3 is 2.36 bits per heavy atom. The lowest BCUT2D eigenvalue weighted by Gasteiger charge is -2.36. The van der Waals surface area contributed by atoms with Gasteiger partial charge in [0.25, 0.3) is 5.91 Å². The Balaban J connectivity index is 1.14. The zero-order valence-electron chi connectivity index (χ0n) is 27.0. The fourth-order valence-electron chi connectivity index (χ4n) is 5.95. The van der Waals surface area contributed by atoms with Crippen LogP contribution >= 0.6 is 0 Å². The van der Waals surface area contributed by atoms with E-state index in [1.54, 1.807) is 51.1 Å². The minimum Gasteiger partial charge on any atom is -0.489 e. The minimum atomic E-state index is -0.956. The molecule has 2 aliphatic rings. The molecule has 5 rings (SSSR count). The van der Waals surface area contributed by atoms with Gasteiger partial charge in [-0.2, -0.15) is 5.26 Å². The van der Waals surface area contributed by atoms with Crippen molar-refractivity contribution < 1.29 is 28.2 Å². The van der Waals surface area contributed by atoms with Crippen molar-refractivity contribution in [1.82, 2.24) is 9.80 Å². The summed E-state index contributed by atoms with van der Waals surface area (Å²) >= 11 is 0. The van der Waals surface area contributed by atoms with Gasteiger partial charge in [0, 0.05) is 50.3 Å². The first-order valence-corrected chi connectivity index (χ1v) is 15.7. The van der Waals surface area contributed by atoms with Crippen LogP contribution in [0.25, 0.3) is 0 Å². The first-order chi connectivity index (χ1) is 22.4. The summed E-state index contributed by atoms with van der Waals surface area (Å²) in [4.78, 5) is 43.6. The van der Waals surface area contributed by atoms with E-state index in [0.29, 0.717) is 41.2 Å². The molecule has 47 heavy (non-hydrogen) atoms. The molecule has 0 saturated carbocycles. The summed E-state index contributed by atoms with van der Waals surface area (Å²) < 4.78 is 26.0. The van der Waals surface area contributed by atoms with Crippen molar-refractivity contribution in [1.29, 1.82) is 5.26 Å². The van der Waals surface area contributed by atoms with Gasteiger partial charge in [-0.15, -0.1) is 0 Å². The third kappa shape index (κ3) is 8.26. The van der Waals surface area contributed by atoms with Crippen molar-refractivity contribution in [3.63, 3.8) is 0 Å². The molecule has 246 valence electrons. The molecule has 0 aliphatic carbocycles. The maximum Gasteiger partial charge on any atom is 0.306 e. The van der Waals surface area contributed by atoms with Crippen LogP contribution in [0.5, 0.6) is 5.75 Å². The molecule has 1 saturated heterocycles. The fraction of sp³-hybridized carbons (Fsp3) is 0.389. The van der Waals surface area contributed by atoms with Gasteiger partial charge in [0.15, 0.2) is 0 Å². The van der Waals surface area contributed by atoms with Gasteiger partial charge in [-0.1, -0.05) is 30.3 Å². The number of nitrogens with two attached hydrogens (primary N) is 1. The van der Waals surface area contributed by atoms with E-state index in [0.717, 1.165) is 30.8 Å². The number of nitriles is 1. The zero-order chi connectivity index (χ0) is 33.7. The average molecular weight is 642 g/mol. The number of piperazine rings is 1. The smallest absolute Gasteiger partial charge is 0.306 e. The van der Waals surface area contributed by atoms with Crippen molar-refractivity contribution in [2.45, 2.75) is 65.0 Å². The number of esters is 1. The first kappa shape index (κ1) is 33.4. The number of amides is 2. The van der Waals surface area contributed by atoms with Gasteiger partial charge < -0.3 is 25.0 Å². The van der Waals surface area contributed by atoms with Crippen LogP contribution in [-0.4, -0.2) is 65.4 Å². The highest BCUT2D eigenvalue weighted by atomic mass is 19.1. The normalized spacial score (nSPS) is 15.6. The third-order valence-electron chi connectivity index (χ3n) is 8.31. The molecule has 3 aromatic rings. The molecule has 2 amide bonds. The van der Waals surface area contributed by atoms with Gasteiger partial charge in [-0.25, -0.2) is 4.39 Å². The van der Waals surface area contributed by atoms with Crippen molar-refractivity contribution >= 4 is 23.5 Å². The van der Waals surface area contributed by atoms with Crippen LogP contribution in [0, 0.1) is 17.1 Å². The van der Waals surface area contributed by atoms with E-state index in [1.807, 2.05) is 23.1 Å². The molecule has 11 heteroatoms. The fourth-order valence-corrected chi connectivity index (χ4v) is 5.95. The summed E-state index contributed by atoms with van der Waals surface area (Å²) in [5.74, 6) is -1.29. The molecule has 0 aromatic heterocycles. The van der Waals surface area contributed by atoms with Crippen molar-refractivity contribution in [3.8, 4) is 11.8 Å². The number of hydrogen-bond donors (Lipinski definition) is 1. The van der Waals surface area contributed by atoms with Crippen LogP contribution in [0.15, 0.2) is 60.7 Å². The highest BCUT2D eigenvalue weighted by Gasteiger charge is 2.37. The van der Waals surface area contributed by atoms with Gasteiger partial charge in [0.05, 0.1) is 23.9 Å². The number of carbonyl (C=O) groups is 3. The number of ether oxygens (including phenoxy) is 2. The van der Waals surface area contributed by atoms with E-state index < -0.39 is 23.5 Å². The summed E-state index contributed by atoms with van der Waals surface area (Å²) in [6.45, 7) is 9.47. The van der Waals surface area contributed by atoms with Gasteiger partial charge in [-0.3, -0.25) is 19.3 Å². The Morgan fingerprint density at radius 1 is 1.02 bits per heavy atom.